The predicted molar refractivity (Wildman–Crippen MR) is 76.3 cm³/mol. The van der Waals surface area contributed by atoms with E-state index < -0.39 is 10.0 Å². The van der Waals surface area contributed by atoms with Crippen molar-refractivity contribution in [1.29, 1.82) is 0 Å². The van der Waals surface area contributed by atoms with Crippen LogP contribution in [0.2, 0.25) is 0 Å². The number of rotatable bonds is 6. The summed E-state index contributed by atoms with van der Waals surface area (Å²) in [6.07, 6.45) is 2.38. The third-order valence-corrected chi connectivity index (χ3v) is 4.48. The molecule has 20 heavy (non-hydrogen) atoms. The monoisotopic (exact) mass is 294 g/mol. The van der Waals surface area contributed by atoms with Gasteiger partial charge in [0.15, 0.2) is 5.03 Å². The van der Waals surface area contributed by atoms with E-state index in [0.29, 0.717) is 5.56 Å². The van der Waals surface area contributed by atoms with E-state index in [4.69, 9.17) is 5.73 Å². The maximum Gasteiger partial charge on any atom is 0.258 e. The van der Waals surface area contributed by atoms with Crippen molar-refractivity contribution in [2.75, 3.05) is 0 Å². The average molecular weight is 294 g/mol. The summed E-state index contributed by atoms with van der Waals surface area (Å²) >= 11 is 0. The van der Waals surface area contributed by atoms with Gasteiger partial charge in [0, 0.05) is 18.7 Å². The van der Waals surface area contributed by atoms with E-state index in [-0.39, 0.29) is 18.1 Å². The molecule has 0 aliphatic heterocycles. The van der Waals surface area contributed by atoms with Gasteiger partial charge >= 0.3 is 0 Å². The minimum absolute atomic E-state index is 0.0326. The highest BCUT2D eigenvalue weighted by Gasteiger charge is 2.19. The second-order valence-electron chi connectivity index (χ2n) is 4.42. The van der Waals surface area contributed by atoms with Crippen molar-refractivity contribution in [3.05, 3.63) is 47.2 Å². The molecular formula is C13H18N4O2S. The van der Waals surface area contributed by atoms with Gasteiger partial charge in [-0.25, -0.2) is 13.1 Å². The lowest BCUT2D eigenvalue weighted by Crippen LogP contribution is -2.25. The molecule has 0 aliphatic carbocycles. The summed E-state index contributed by atoms with van der Waals surface area (Å²) in [5.41, 5.74) is 8.07. The summed E-state index contributed by atoms with van der Waals surface area (Å²) in [5, 5.41) is 6.22. The molecule has 0 atom stereocenters. The first-order valence-corrected chi connectivity index (χ1v) is 7.85. The average Bonchev–Trinajstić information content (AvgIpc) is 2.95. The molecule has 6 nitrogen and oxygen atoms in total. The highest BCUT2D eigenvalue weighted by molar-refractivity contribution is 7.89. The first kappa shape index (κ1) is 14.7. The second-order valence-corrected chi connectivity index (χ2v) is 6.13. The van der Waals surface area contributed by atoms with E-state index in [9.17, 15) is 8.42 Å². The summed E-state index contributed by atoms with van der Waals surface area (Å²) in [7, 11) is -3.62. The lowest BCUT2D eigenvalue weighted by atomic mass is 10.1. The van der Waals surface area contributed by atoms with E-state index in [1.54, 1.807) is 0 Å². The van der Waals surface area contributed by atoms with Crippen molar-refractivity contribution in [2.24, 2.45) is 5.73 Å². The number of sulfonamides is 1. The quantitative estimate of drug-likeness (QED) is 0.737. The number of hydrogen-bond acceptors (Lipinski definition) is 4. The zero-order chi connectivity index (χ0) is 14.6. The highest BCUT2D eigenvalue weighted by Crippen LogP contribution is 2.12. The van der Waals surface area contributed by atoms with Crippen LogP contribution in [0, 0.1) is 0 Å². The molecule has 7 heteroatoms. The summed E-state index contributed by atoms with van der Waals surface area (Å²) in [4.78, 5) is 0. The van der Waals surface area contributed by atoms with Gasteiger partial charge in [-0.1, -0.05) is 31.2 Å². The fourth-order valence-corrected chi connectivity index (χ4v) is 2.98. The number of benzene rings is 1. The number of H-pyrrole nitrogens is 1. The molecule has 4 N–H and O–H groups in total. The second kappa shape index (κ2) is 6.17. The standard InChI is InChI=1S/C13H18N4O2S/c1-2-10-3-5-11(6-4-10)8-16-20(18,19)13-12(7-14)9-15-17-13/h3-6,9,16H,2,7-8,14H2,1H3,(H,15,17). The Morgan fingerprint density at radius 3 is 2.50 bits per heavy atom. The van der Waals surface area contributed by atoms with Crippen molar-refractivity contribution in [2.45, 2.75) is 31.5 Å². The van der Waals surface area contributed by atoms with Crippen LogP contribution >= 0.6 is 0 Å². The third kappa shape index (κ3) is 3.24. The van der Waals surface area contributed by atoms with E-state index in [1.807, 2.05) is 24.3 Å². The molecule has 108 valence electrons. The molecule has 0 aliphatic rings. The Labute approximate surface area is 118 Å². The fourth-order valence-electron chi connectivity index (χ4n) is 1.82. The molecule has 0 saturated heterocycles. The van der Waals surface area contributed by atoms with Crippen molar-refractivity contribution in [3.8, 4) is 0 Å². The molecule has 2 aromatic rings. The van der Waals surface area contributed by atoms with Crippen LogP contribution in [0.4, 0.5) is 0 Å². The van der Waals surface area contributed by atoms with Crippen LogP contribution < -0.4 is 10.5 Å². The van der Waals surface area contributed by atoms with Crippen LogP contribution in [-0.4, -0.2) is 18.6 Å². The Morgan fingerprint density at radius 1 is 1.25 bits per heavy atom. The molecular weight excluding hydrogens is 276 g/mol. The first-order valence-electron chi connectivity index (χ1n) is 6.36. The lowest BCUT2D eigenvalue weighted by Gasteiger charge is -2.07. The molecule has 0 amide bonds. The van der Waals surface area contributed by atoms with Crippen LogP contribution in [0.15, 0.2) is 35.5 Å². The van der Waals surface area contributed by atoms with Gasteiger partial charge < -0.3 is 5.73 Å². The summed E-state index contributed by atoms with van der Waals surface area (Å²) in [6.45, 7) is 2.43. The van der Waals surface area contributed by atoms with Gasteiger partial charge in [0.25, 0.3) is 10.0 Å². The van der Waals surface area contributed by atoms with Crippen LogP contribution in [0.5, 0.6) is 0 Å². The smallest absolute Gasteiger partial charge is 0.258 e. The van der Waals surface area contributed by atoms with Crippen LogP contribution in [0.25, 0.3) is 0 Å². The van der Waals surface area contributed by atoms with Crippen molar-refractivity contribution in [3.63, 3.8) is 0 Å². The number of aromatic nitrogens is 2. The summed E-state index contributed by atoms with van der Waals surface area (Å²) < 4.78 is 26.8. The van der Waals surface area contributed by atoms with Gasteiger partial charge in [-0.05, 0) is 17.5 Å². The Balaban J connectivity index is 2.09. The molecule has 0 unspecified atom stereocenters. The third-order valence-electron chi connectivity index (χ3n) is 3.06. The molecule has 0 radical (unpaired) electrons. The molecule has 0 fully saturated rings. The number of aryl methyl sites for hydroxylation is 1. The molecule has 0 bridgehead atoms. The summed E-state index contributed by atoms with van der Waals surface area (Å²) in [6, 6.07) is 7.81. The normalized spacial score (nSPS) is 11.7. The Kier molecular flexibility index (Phi) is 4.53. The number of nitrogens with zero attached hydrogens (tertiary/aromatic N) is 1. The number of hydrogen-bond donors (Lipinski definition) is 3. The molecule has 1 aromatic carbocycles. The zero-order valence-corrected chi connectivity index (χ0v) is 12.1. The van der Waals surface area contributed by atoms with E-state index in [1.165, 1.54) is 11.8 Å². The van der Waals surface area contributed by atoms with Crippen LogP contribution in [0.3, 0.4) is 0 Å². The first-order chi connectivity index (χ1) is 9.56. The topological polar surface area (TPSA) is 101 Å². The Morgan fingerprint density at radius 2 is 1.90 bits per heavy atom. The number of aromatic amines is 1. The van der Waals surface area contributed by atoms with Crippen molar-refractivity contribution >= 4 is 10.0 Å². The summed E-state index contributed by atoms with van der Waals surface area (Å²) in [5.74, 6) is 0. The molecule has 0 spiro atoms. The largest absolute Gasteiger partial charge is 0.326 e. The van der Waals surface area contributed by atoms with E-state index in [2.05, 4.69) is 21.8 Å². The molecule has 2 rings (SSSR count). The van der Waals surface area contributed by atoms with Gasteiger partial charge in [0.1, 0.15) is 0 Å². The van der Waals surface area contributed by atoms with Gasteiger partial charge in [0.05, 0.1) is 6.20 Å². The van der Waals surface area contributed by atoms with Gasteiger partial charge in [-0.3, -0.25) is 5.10 Å². The molecule has 0 saturated carbocycles. The predicted octanol–water partition coefficient (Wildman–Crippen LogP) is 0.909. The number of nitrogens with two attached hydrogens (primary N) is 1. The Hall–Kier alpha value is -1.70. The maximum atomic E-state index is 12.1. The minimum Gasteiger partial charge on any atom is -0.326 e. The Bertz CT molecular complexity index is 662. The van der Waals surface area contributed by atoms with Crippen molar-refractivity contribution in [1.82, 2.24) is 14.9 Å². The zero-order valence-electron chi connectivity index (χ0n) is 11.3. The van der Waals surface area contributed by atoms with Crippen molar-refractivity contribution < 1.29 is 8.42 Å². The van der Waals surface area contributed by atoms with E-state index in [0.717, 1.165) is 12.0 Å². The molecule has 1 aromatic heterocycles. The number of nitrogens with one attached hydrogen (secondary N) is 2. The molecule has 1 heterocycles. The maximum absolute atomic E-state index is 12.1. The minimum atomic E-state index is -3.62. The van der Waals surface area contributed by atoms with Gasteiger partial charge in [-0.15, -0.1) is 0 Å². The van der Waals surface area contributed by atoms with Gasteiger partial charge in [0.2, 0.25) is 0 Å². The van der Waals surface area contributed by atoms with Crippen LogP contribution in [0.1, 0.15) is 23.6 Å². The highest BCUT2D eigenvalue weighted by atomic mass is 32.2. The van der Waals surface area contributed by atoms with Crippen LogP contribution in [-0.2, 0) is 29.5 Å². The SMILES string of the molecule is CCc1ccc(CNS(=O)(=O)c2[nH]ncc2CN)cc1. The van der Waals surface area contributed by atoms with E-state index >= 15 is 0 Å². The lowest BCUT2D eigenvalue weighted by molar-refractivity contribution is 0.575. The van der Waals surface area contributed by atoms with Gasteiger partial charge in [-0.2, -0.15) is 5.10 Å². The fraction of sp³-hybridized carbons (Fsp3) is 0.308.